The van der Waals surface area contributed by atoms with E-state index < -0.39 is 6.10 Å². The molecule has 0 aromatic heterocycles. The molecule has 28 heavy (non-hydrogen) atoms. The van der Waals surface area contributed by atoms with Crippen LogP contribution in [0.2, 0.25) is 0 Å². The van der Waals surface area contributed by atoms with Gasteiger partial charge in [-0.2, -0.15) is 0 Å². The minimum atomic E-state index is -0.617. The minimum Gasteiger partial charge on any atom is -0.508 e. The average molecular weight is 384 g/mol. The van der Waals surface area contributed by atoms with Gasteiger partial charge in [0.1, 0.15) is 11.5 Å². The lowest BCUT2D eigenvalue weighted by Crippen LogP contribution is -2.37. The number of aromatic hydroxyl groups is 1. The largest absolute Gasteiger partial charge is 0.508 e. The zero-order valence-corrected chi connectivity index (χ0v) is 16.4. The van der Waals surface area contributed by atoms with E-state index in [0.29, 0.717) is 12.3 Å². The molecule has 3 rings (SSSR count). The average Bonchev–Trinajstić information content (AvgIpc) is 2.70. The molecule has 0 radical (unpaired) electrons. The number of rotatable bonds is 7. The molecular weight excluding hydrogens is 356 g/mol. The number of hydrogen-bond donors (Lipinski definition) is 3. The van der Waals surface area contributed by atoms with E-state index >= 15 is 0 Å². The van der Waals surface area contributed by atoms with E-state index in [0.717, 1.165) is 24.8 Å². The molecule has 0 unspecified atom stereocenters. The van der Waals surface area contributed by atoms with Crippen molar-refractivity contribution in [1.29, 1.82) is 0 Å². The molecule has 6 heteroatoms. The first-order valence-electron chi connectivity index (χ1n) is 9.57. The number of ether oxygens (including phenoxy) is 1. The van der Waals surface area contributed by atoms with Crippen LogP contribution in [0.1, 0.15) is 29.2 Å². The molecule has 0 bridgehead atoms. The lowest BCUT2D eigenvalue weighted by Gasteiger charge is -2.27. The molecule has 2 aromatic carbocycles. The van der Waals surface area contributed by atoms with Crippen molar-refractivity contribution in [3.05, 3.63) is 59.2 Å². The van der Waals surface area contributed by atoms with Gasteiger partial charge in [0.25, 0.3) is 5.91 Å². The number of carbonyl (C=O) groups excluding carboxylic acids is 1. The van der Waals surface area contributed by atoms with Crippen molar-refractivity contribution in [3.8, 4) is 11.5 Å². The first-order valence-corrected chi connectivity index (χ1v) is 9.57. The quantitative estimate of drug-likeness (QED) is 0.681. The Bertz CT molecular complexity index is 805. The molecule has 0 saturated carbocycles. The highest BCUT2D eigenvalue weighted by Gasteiger charge is 2.20. The van der Waals surface area contributed by atoms with E-state index in [9.17, 15) is 15.0 Å². The van der Waals surface area contributed by atoms with Gasteiger partial charge in [0, 0.05) is 26.7 Å². The van der Waals surface area contributed by atoms with Crippen LogP contribution in [0, 0.1) is 0 Å². The van der Waals surface area contributed by atoms with Gasteiger partial charge in [-0.3, -0.25) is 4.79 Å². The van der Waals surface area contributed by atoms with Crippen molar-refractivity contribution in [2.24, 2.45) is 0 Å². The Balaban J connectivity index is 1.54. The fourth-order valence-electron chi connectivity index (χ4n) is 3.36. The standard InChI is InChI=1S/C22H28N2O4/c1-24(2)22(27)14-28-20-10-6-15-3-7-18(11-17(15)12-20)23-13-21(26)16-4-8-19(25)9-5-16/h4-6,8-10,12,18,21,23,25-26H,3,7,11,13-14H2,1-2H3/t18-,21-/m1/s1. The number of carbonyl (C=O) groups is 1. The summed E-state index contributed by atoms with van der Waals surface area (Å²) in [6, 6.07) is 12.9. The highest BCUT2D eigenvalue weighted by atomic mass is 16.5. The van der Waals surface area contributed by atoms with E-state index in [1.807, 2.05) is 12.1 Å². The Morgan fingerprint density at radius 3 is 2.68 bits per heavy atom. The Morgan fingerprint density at radius 2 is 1.96 bits per heavy atom. The monoisotopic (exact) mass is 384 g/mol. The number of aliphatic hydroxyl groups excluding tert-OH is 1. The first kappa shape index (κ1) is 20.2. The van der Waals surface area contributed by atoms with Gasteiger partial charge in [-0.05, 0) is 60.2 Å². The van der Waals surface area contributed by atoms with Gasteiger partial charge < -0.3 is 25.2 Å². The van der Waals surface area contributed by atoms with E-state index in [4.69, 9.17) is 4.74 Å². The lowest BCUT2D eigenvalue weighted by molar-refractivity contribution is -0.130. The molecule has 0 spiro atoms. The van der Waals surface area contributed by atoms with Crippen LogP contribution in [-0.2, 0) is 17.6 Å². The number of nitrogens with one attached hydrogen (secondary N) is 1. The second-order valence-corrected chi connectivity index (χ2v) is 7.46. The van der Waals surface area contributed by atoms with Crippen LogP contribution in [0.15, 0.2) is 42.5 Å². The summed E-state index contributed by atoms with van der Waals surface area (Å²) in [6.45, 7) is 0.491. The van der Waals surface area contributed by atoms with Gasteiger partial charge >= 0.3 is 0 Å². The minimum absolute atomic E-state index is 0.0340. The molecule has 1 amide bonds. The SMILES string of the molecule is CN(C)C(=O)COc1ccc2c(c1)C[C@H](NC[C@@H](O)c1ccc(O)cc1)CC2. The Labute approximate surface area is 165 Å². The fraction of sp³-hybridized carbons (Fsp3) is 0.409. The van der Waals surface area contributed by atoms with E-state index in [1.54, 1.807) is 38.4 Å². The number of hydrogen-bond acceptors (Lipinski definition) is 5. The van der Waals surface area contributed by atoms with E-state index in [1.165, 1.54) is 16.0 Å². The third kappa shape index (κ3) is 5.24. The summed E-state index contributed by atoms with van der Waals surface area (Å²) in [4.78, 5) is 13.2. The summed E-state index contributed by atoms with van der Waals surface area (Å²) < 4.78 is 5.62. The summed E-state index contributed by atoms with van der Waals surface area (Å²) in [5.74, 6) is 0.831. The van der Waals surface area contributed by atoms with Crippen molar-refractivity contribution in [2.45, 2.75) is 31.4 Å². The van der Waals surface area contributed by atoms with Crippen LogP contribution in [-0.4, -0.2) is 54.3 Å². The molecule has 0 saturated heterocycles. The van der Waals surface area contributed by atoms with Crippen LogP contribution in [0.3, 0.4) is 0 Å². The maximum atomic E-state index is 11.7. The molecule has 3 N–H and O–H groups in total. The number of phenols is 1. The Hall–Kier alpha value is -2.57. The summed E-state index contributed by atoms with van der Waals surface area (Å²) in [5, 5.41) is 23.1. The highest BCUT2D eigenvalue weighted by molar-refractivity contribution is 5.77. The highest BCUT2D eigenvalue weighted by Crippen LogP contribution is 2.26. The number of benzene rings is 2. The van der Waals surface area contributed by atoms with Gasteiger partial charge in [-0.25, -0.2) is 0 Å². The van der Waals surface area contributed by atoms with Gasteiger partial charge in [0.2, 0.25) is 0 Å². The molecule has 6 nitrogen and oxygen atoms in total. The van der Waals surface area contributed by atoms with Crippen molar-refractivity contribution in [1.82, 2.24) is 10.2 Å². The summed E-state index contributed by atoms with van der Waals surface area (Å²) in [7, 11) is 3.42. The molecule has 1 aliphatic rings. The number of phenolic OH excluding ortho intramolecular Hbond substituents is 1. The molecule has 1 aliphatic carbocycles. The summed E-state index contributed by atoms with van der Waals surface area (Å²) >= 11 is 0. The Kier molecular flexibility index (Phi) is 6.54. The topological polar surface area (TPSA) is 82.0 Å². The predicted molar refractivity (Wildman–Crippen MR) is 108 cm³/mol. The molecular formula is C22H28N2O4. The van der Waals surface area contributed by atoms with E-state index in [-0.39, 0.29) is 24.3 Å². The van der Waals surface area contributed by atoms with Crippen LogP contribution < -0.4 is 10.1 Å². The summed E-state index contributed by atoms with van der Waals surface area (Å²) in [5.41, 5.74) is 3.31. The Morgan fingerprint density at radius 1 is 1.21 bits per heavy atom. The van der Waals surface area contributed by atoms with Gasteiger partial charge in [0.15, 0.2) is 6.61 Å². The lowest BCUT2D eigenvalue weighted by atomic mass is 9.88. The smallest absolute Gasteiger partial charge is 0.259 e. The third-order valence-corrected chi connectivity index (χ3v) is 5.15. The maximum absolute atomic E-state index is 11.7. The molecule has 2 aromatic rings. The van der Waals surface area contributed by atoms with E-state index in [2.05, 4.69) is 11.4 Å². The summed E-state index contributed by atoms with van der Waals surface area (Å²) in [6.07, 6.45) is 2.22. The number of nitrogens with zero attached hydrogens (tertiary/aromatic N) is 1. The van der Waals surface area contributed by atoms with Crippen molar-refractivity contribution < 1.29 is 19.7 Å². The van der Waals surface area contributed by atoms with Gasteiger partial charge in [-0.15, -0.1) is 0 Å². The number of amides is 1. The van der Waals surface area contributed by atoms with Crippen molar-refractivity contribution in [3.63, 3.8) is 0 Å². The van der Waals surface area contributed by atoms with Crippen LogP contribution in [0.4, 0.5) is 0 Å². The second-order valence-electron chi connectivity index (χ2n) is 7.46. The molecule has 0 fully saturated rings. The molecule has 2 atom stereocenters. The number of likely N-dealkylation sites (N-methyl/N-ethyl adjacent to an activating group) is 1. The zero-order valence-electron chi connectivity index (χ0n) is 16.4. The zero-order chi connectivity index (χ0) is 20.1. The predicted octanol–water partition coefficient (Wildman–Crippen LogP) is 2.04. The van der Waals surface area contributed by atoms with Crippen molar-refractivity contribution in [2.75, 3.05) is 27.2 Å². The normalized spacial score (nSPS) is 16.9. The van der Waals surface area contributed by atoms with Crippen LogP contribution in [0.5, 0.6) is 11.5 Å². The first-order chi connectivity index (χ1) is 13.4. The fourth-order valence-corrected chi connectivity index (χ4v) is 3.36. The molecule has 0 heterocycles. The number of aryl methyl sites for hydroxylation is 1. The third-order valence-electron chi connectivity index (χ3n) is 5.15. The molecule has 150 valence electrons. The molecule has 0 aliphatic heterocycles. The van der Waals surface area contributed by atoms with Gasteiger partial charge in [0.05, 0.1) is 6.10 Å². The second kappa shape index (κ2) is 9.08. The van der Waals surface area contributed by atoms with Crippen LogP contribution in [0.25, 0.3) is 0 Å². The number of fused-ring (bicyclic) bond motifs is 1. The maximum Gasteiger partial charge on any atom is 0.259 e. The van der Waals surface area contributed by atoms with Gasteiger partial charge in [-0.1, -0.05) is 18.2 Å². The van der Waals surface area contributed by atoms with Crippen molar-refractivity contribution >= 4 is 5.91 Å². The number of aliphatic hydroxyl groups is 1. The van der Waals surface area contributed by atoms with Crippen LogP contribution >= 0.6 is 0 Å².